The van der Waals surface area contributed by atoms with Crippen molar-refractivity contribution in [1.82, 2.24) is 14.8 Å². The minimum atomic E-state index is -0.699. The third kappa shape index (κ3) is 4.46. The highest BCUT2D eigenvalue weighted by atomic mass is 19.1. The van der Waals surface area contributed by atoms with Gasteiger partial charge in [-0.3, -0.25) is 9.59 Å². The van der Waals surface area contributed by atoms with Gasteiger partial charge in [0.15, 0.2) is 0 Å². The molecular formula is C31H32F2N4O2. The number of carbonyl (C=O) groups excluding carboxylic acids is 2. The quantitative estimate of drug-likeness (QED) is 0.421. The first-order valence-electron chi connectivity index (χ1n) is 13.7. The molecule has 3 aliphatic heterocycles. The Bertz CT molecular complexity index is 1470. The summed E-state index contributed by atoms with van der Waals surface area (Å²) in [7, 11) is 0. The number of hydrogen-bond acceptors (Lipinski definition) is 3. The highest BCUT2D eigenvalue weighted by Crippen LogP contribution is 2.42. The van der Waals surface area contributed by atoms with Gasteiger partial charge < -0.3 is 20.1 Å². The number of aryl methyl sites for hydroxylation is 1. The SMILES string of the molecule is Cc1[nH]c(/C=C2\C(=O)Nc3cccc(-c4c(F)cccc4F)c32)c(C)c1C(=O)N1CCC(N2CCCC2)CC1. The second-order valence-corrected chi connectivity index (χ2v) is 10.8. The maximum absolute atomic E-state index is 14.7. The second-order valence-electron chi connectivity index (χ2n) is 10.8. The number of aromatic amines is 1. The molecule has 0 aliphatic carbocycles. The molecule has 2 saturated heterocycles. The summed E-state index contributed by atoms with van der Waals surface area (Å²) in [5.41, 5.74) is 4.08. The summed E-state index contributed by atoms with van der Waals surface area (Å²) in [6.45, 7) is 7.52. The van der Waals surface area contributed by atoms with Gasteiger partial charge in [-0.1, -0.05) is 18.2 Å². The number of fused-ring (bicyclic) bond motifs is 1. The van der Waals surface area contributed by atoms with Crippen molar-refractivity contribution >= 4 is 29.2 Å². The van der Waals surface area contributed by atoms with E-state index in [1.54, 1.807) is 24.3 Å². The number of carbonyl (C=O) groups is 2. The number of amides is 2. The molecule has 0 atom stereocenters. The number of benzene rings is 2. The maximum atomic E-state index is 14.7. The normalized spacial score (nSPS) is 19.1. The van der Waals surface area contributed by atoms with Crippen molar-refractivity contribution in [3.63, 3.8) is 0 Å². The van der Waals surface area contributed by atoms with Gasteiger partial charge in [0, 0.05) is 41.8 Å². The molecule has 0 spiro atoms. The Labute approximate surface area is 226 Å². The van der Waals surface area contributed by atoms with Gasteiger partial charge >= 0.3 is 0 Å². The molecule has 2 N–H and O–H groups in total. The zero-order chi connectivity index (χ0) is 27.3. The lowest BCUT2D eigenvalue weighted by Gasteiger charge is -2.36. The zero-order valence-electron chi connectivity index (χ0n) is 22.2. The van der Waals surface area contributed by atoms with Crippen molar-refractivity contribution < 1.29 is 18.4 Å². The summed E-state index contributed by atoms with van der Waals surface area (Å²) in [5, 5.41) is 2.81. The van der Waals surface area contributed by atoms with Gasteiger partial charge in [0.05, 0.1) is 16.7 Å². The molecule has 4 heterocycles. The summed E-state index contributed by atoms with van der Waals surface area (Å²) in [4.78, 5) is 34.4. The number of rotatable bonds is 4. The Morgan fingerprint density at radius 2 is 1.62 bits per heavy atom. The Morgan fingerprint density at radius 1 is 0.949 bits per heavy atom. The number of nitrogens with zero attached hydrogens (tertiary/aromatic N) is 2. The van der Waals surface area contributed by atoms with Gasteiger partial charge in [0.2, 0.25) is 0 Å². The Morgan fingerprint density at radius 3 is 2.31 bits per heavy atom. The van der Waals surface area contributed by atoms with E-state index in [-0.39, 0.29) is 23.0 Å². The Balaban J connectivity index is 1.32. The highest BCUT2D eigenvalue weighted by Gasteiger charge is 2.32. The molecule has 0 saturated carbocycles. The van der Waals surface area contributed by atoms with Crippen LogP contribution in [0.25, 0.3) is 22.8 Å². The molecule has 0 radical (unpaired) electrons. The summed E-state index contributed by atoms with van der Waals surface area (Å²) in [6, 6.07) is 9.27. The zero-order valence-corrected chi connectivity index (χ0v) is 22.2. The van der Waals surface area contributed by atoms with Gasteiger partial charge in [-0.15, -0.1) is 0 Å². The number of aromatic nitrogens is 1. The van der Waals surface area contributed by atoms with Crippen LogP contribution in [0.3, 0.4) is 0 Å². The summed E-state index contributed by atoms with van der Waals surface area (Å²) >= 11 is 0. The fourth-order valence-corrected chi connectivity index (χ4v) is 6.43. The van der Waals surface area contributed by atoms with E-state index in [1.807, 2.05) is 18.7 Å². The van der Waals surface area contributed by atoms with E-state index in [9.17, 15) is 18.4 Å². The van der Waals surface area contributed by atoms with E-state index in [0.717, 1.165) is 50.3 Å². The molecule has 6 rings (SSSR count). The average molecular weight is 531 g/mol. The fourth-order valence-electron chi connectivity index (χ4n) is 6.43. The van der Waals surface area contributed by atoms with E-state index in [0.29, 0.717) is 34.1 Å². The van der Waals surface area contributed by atoms with Crippen LogP contribution >= 0.6 is 0 Å². The smallest absolute Gasteiger partial charge is 0.256 e. The average Bonchev–Trinajstić information content (AvgIpc) is 3.63. The molecular weight excluding hydrogens is 498 g/mol. The van der Waals surface area contributed by atoms with Crippen LogP contribution in [0.4, 0.5) is 14.5 Å². The summed E-state index contributed by atoms with van der Waals surface area (Å²) < 4.78 is 29.5. The van der Waals surface area contributed by atoms with Crippen molar-refractivity contribution in [3.8, 4) is 11.1 Å². The third-order valence-corrected chi connectivity index (χ3v) is 8.45. The molecule has 0 unspecified atom stereocenters. The van der Waals surface area contributed by atoms with Crippen LogP contribution in [-0.2, 0) is 4.79 Å². The van der Waals surface area contributed by atoms with Gasteiger partial charge in [-0.05, 0) is 88.0 Å². The Hall–Kier alpha value is -3.78. The molecule has 2 fully saturated rings. The van der Waals surface area contributed by atoms with Gasteiger partial charge in [0.25, 0.3) is 11.8 Å². The van der Waals surface area contributed by atoms with Crippen LogP contribution in [-0.4, -0.2) is 58.8 Å². The minimum Gasteiger partial charge on any atom is -0.358 e. The van der Waals surface area contributed by atoms with E-state index in [2.05, 4.69) is 15.2 Å². The molecule has 202 valence electrons. The molecule has 3 aliphatic rings. The Kier molecular flexibility index (Phi) is 6.59. The van der Waals surface area contributed by atoms with Crippen LogP contribution in [0.15, 0.2) is 36.4 Å². The number of H-pyrrole nitrogens is 1. The number of halogens is 2. The molecule has 6 nitrogen and oxygen atoms in total. The monoisotopic (exact) mass is 530 g/mol. The largest absolute Gasteiger partial charge is 0.358 e. The fraction of sp³-hybridized carbons (Fsp3) is 0.355. The van der Waals surface area contributed by atoms with E-state index < -0.39 is 11.6 Å². The van der Waals surface area contributed by atoms with Gasteiger partial charge in [-0.2, -0.15) is 0 Å². The molecule has 8 heteroatoms. The lowest BCUT2D eigenvalue weighted by atomic mass is 9.93. The van der Waals surface area contributed by atoms with E-state index >= 15 is 0 Å². The lowest BCUT2D eigenvalue weighted by molar-refractivity contribution is -0.110. The predicted octanol–water partition coefficient (Wildman–Crippen LogP) is 5.77. The molecule has 0 bridgehead atoms. The van der Waals surface area contributed by atoms with Crippen LogP contribution in [0.2, 0.25) is 0 Å². The number of nitrogens with one attached hydrogen (secondary N) is 2. The molecule has 39 heavy (non-hydrogen) atoms. The van der Waals surface area contributed by atoms with Crippen molar-refractivity contribution in [2.75, 3.05) is 31.5 Å². The van der Waals surface area contributed by atoms with Crippen LogP contribution in [0, 0.1) is 25.5 Å². The van der Waals surface area contributed by atoms with Gasteiger partial charge in [0.1, 0.15) is 11.6 Å². The van der Waals surface area contributed by atoms with Gasteiger partial charge in [-0.25, -0.2) is 8.78 Å². The number of hydrogen-bond donors (Lipinski definition) is 2. The minimum absolute atomic E-state index is 0.00355. The van der Waals surface area contributed by atoms with E-state index in [1.165, 1.54) is 31.0 Å². The number of likely N-dealkylation sites (tertiary alicyclic amines) is 2. The van der Waals surface area contributed by atoms with Crippen LogP contribution < -0.4 is 5.32 Å². The first-order chi connectivity index (χ1) is 18.8. The lowest BCUT2D eigenvalue weighted by Crippen LogP contribution is -2.46. The van der Waals surface area contributed by atoms with E-state index in [4.69, 9.17) is 0 Å². The molecule has 2 aromatic carbocycles. The second kappa shape index (κ2) is 10.1. The van der Waals surface area contributed by atoms with Crippen LogP contribution in [0.5, 0.6) is 0 Å². The first-order valence-corrected chi connectivity index (χ1v) is 13.7. The topological polar surface area (TPSA) is 68.4 Å². The van der Waals surface area contributed by atoms with Crippen LogP contribution in [0.1, 0.15) is 58.6 Å². The maximum Gasteiger partial charge on any atom is 0.256 e. The van der Waals surface area contributed by atoms with Crippen molar-refractivity contribution in [1.29, 1.82) is 0 Å². The summed E-state index contributed by atoms with van der Waals surface area (Å²) in [5.74, 6) is -1.76. The molecule has 3 aromatic rings. The molecule has 2 amide bonds. The third-order valence-electron chi connectivity index (χ3n) is 8.45. The summed E-state index contributed by atoms with van der Waals surface area (Å²) in [6.07, 6.45) is 6.17. The van der Waals surface area contributed by atoms with Crippen molar-refractivity contribution in [3.05, 3.63) is 76.1 Å². The first kappa shape index (κ1) is 25.5. The number of piperidine rings is 1. The number of anilines is 1. The predicted molar refractivity (Wildman–Crippen MR) is 148 cm³/mol. The highest BCUT2D eigenvalue weighted by molar-refractivity contribution is 6.36. The van der Waals surface area contributed by atoms with Crippen molar-refractivity contribution in [2.24, 2.45) is 0 Å². The van der Waals surface area contributed by atoms with Crippen molar-refractivity contribution in [2.45, 2.75) is 45.6 Å². The molecule has 1 aromatic heterocycles. The standard InChI is InChI=1S/C31H32F2N4O2/c1-18-26(34-19(2)27(18)31(39)37-15-11-20(12-16-37)36-13-3-4-14-36)17-22-28-21(7-5-10-25(28)35-30(22)38)29-23(32)8-6-9-24(29)33/h5-10,17,20,34H,3-4,11-16H2,1-2H3,(H,35,38)/b22-17-.